The van der Waals surface area contributed by atoms with E-state index in [1.807, 2.05) is 6.92 Å². The fraction of sp³-hybridized carbons (Fsp3) is 0.350. The van der Waals surface area contributed by atoms with Gasteiger partial charge in [-0.05, 0) is 61.9 Å². The third-order valence-electron chi connectivity index (χ3n) is 4.12. The van der Waals surface area contributed by atoms with E-state index in [1.54, 1.807) is 31.4 Å². The van der Waals surface area contributed by atoms with Crippen LogP contribution in [0.3, 0.4) is 0 Å². The molecule has 2 N–H and O–H groups in total. The Bertz CT molecular complexity index is 767. The zero-order valence-corrected chi connectivity index (χ0v) is 16.1. The van der Waals surface area contributed by atoms with E-state index in [-0.39, 0.29) is 24.1 Å². The molecule has 1 atom stereocenters. The lowest BCUT2D eigenvalue weighted by atomic mass is 10.0. The van der Waals surface area contributed by atoms with E-state index in [2.05, 4.69) is 5.32 Å². The van der Waals surface area contributed by atoms with Gasteiger partial charge in [-0.15, -0.1) is 0 Å². The van der Waals surface area contributed by atoms with Crippen molar-refractivity contribution in [1.29, 1.82) is 0 Å². The van der Waals surface area contributed by atoms with Gasteiger partial charge < -0.3 is 19.9 Å². The summed E-state index contributed by atoms with van der Waals surface area (Å²) in [6, 6.07) is 9.61. The van der Waals surface area contributed by atoms with Crippen molar-refractivity contribution in [3.8, 4) is 11.5 Å². The molecule has 2 rings (SSSR count). The monoisotopic (exact) mass is 395 g/mol. The first-order chi connectivity index (χ1) is 12.9. The second kappa shape index (κ2) is 10.1. The number of halogens is 2. The lowest BCUT2D eigenvalue weighted by molar-refractivity contribution is -0.137. The van der Waals surface area contributed by atoms with E-state index in [1.165, 1.54) is 12.1 Å². The van der Waals surface area contributed by atoms with Crippen molar-refractivity contribution in [3.63, 3.8) is 0 Å². The van der Waals surface area contributed by atoms with Crippen LogP contribution in [0.4, 0.5) is 4.39 Å². The molecular formula is C20H23ClFNO4. The second-order valence-corrected chi connectivity index (χ2v) is 6.50. The number of carbonyl (C=O) groups is 1. The fourth-order valence-corrected chi connectivity index (χ4v) is 2.93. The Labute approximate surface area is 163 Å². The standard InChI is InChI=1S/C20H23ClFNO4/c1-13(23-9-3-4-20(24)25)17-10-14(22)11-19(21)18(17)12-27-16-7-5-15(26-2)6-8-16/h5-8,10-11,13,23H,3-4,9,12H2,1-2H3,(H,24,25)/t13-/m0/s1. The predicted octanol–water partition coefficient (Wildman–Crippen LogP) is 4.58. The van der Waals surface area contributed by atoms with Gasteiger partial charge in [0.05, 0.1) is 12.1 Å². The number of hydrogen-bond acceptors (Lipinski definition) is 4. The van der Waals surface area contributed by atoms with E-state index >= 15 is 0 Å². The molecule has 2 aromatic rings. The molecule has 27 heavy (non-hydrogen) atoms. The lowest BCUT2D eigenvalue weighted by Crippen LogP contribution is -2.22. The minimum atomic E-state index is -0.841. The van der Waals surface area contributed by atoms with Gasteiger partial charge in [-0.1, -0.05) is 11.6 Å². The molecule has 0 fully saturated rings. The predicted molar refractivity (Wildman–Crippen MR) is 102 cm³/mol. The molecule has 0 aliphatic carbocycles. The molecule has 0 aromatic heterocycles. The number of carboxylic acids is 1. The summed E-state index contributed by atoms with van der Waals surface area (Å²) in [4.78, 5) is 10.6. The number of ether oxygens (including phenoxy) is 2. The van der Waals surface area contributed by atoms with Crippen LogP contribution < -0.4 is 14.8 Å². The molecule has 0 aliphatic heterocycles. The Morgan fingerprint density at radius 3 is 2.56 bits per heavy atom. The topological polar surface area (TPSA) is 67.8 Å². The van der Waals surface area contributed by atoms with E-state index in [4.69, 9.17) is 26.2 Å². The van der Waals surface area contributed by atoms with Gasteiger partial charge in [0, 0.05) is 18.0 Å². The normalized spacial score (nSPS) is 11.9. The van der Waals surface area contributed by atoms with Crippen LogP contribution in [-0.2, 0) is 11.4 Å². The summed E-state index contributed by atoms with van der Waals surface area (Å²) in [7, 11) is 1.59. The van der Waals surface area contributed by atoms with Crippen LogP contribution in [0.15, 0.2) is 36.4 Å². The van der Waals surface area contributed by atoms with Crippen molar-refractivity contribution in [2.24, 2.45) is 0 Å². The van der Waals surface area contributed by atoms with Crippen LogP contribution >= 0.6 is 11.6 Å². The zero-order valence-electron chi connectivity index (χ0n) is 15.3. The van der Waals surface area contributed by atoms with Crippen LogP contribution in [-0.4, -0.2) is 24.7 Å². The largest absolute Gasteiger partial charge is 0.497 e. The Kier molecular flexibility index (Phi) is 7.88. The van der Waals surface area contributed by atoms with Crippen LogP contribution in [0.1, 0.15) is 36.9 Å². The number of methoxy groups -OCH3 is 1. The first-order valence-electron chi connectivity index (χ1n) is 8.60. The highest BCUT2D eigenvalue weighted by Crippen LogP contribution is 2.28. The minimum absolute atomic E-state index is 0.0804. The SMILES string of the molecule is COc1ccc(OCc2c(Cl)cc(F)cc2[C@H](C)NCCCC(=O)O)cc1. The maximum atomic E-state index is 13.9. The molecule has 0 amide bonds. The third kappa shape index (κ3) is 6.41. The molecule has 0 radical (unpaired) electrons. The molecule has 0 spiro atoms. The van der Waals surface area contributed by atoms with Crippen LogP contribution in [0.5, 0.6) is 11.5 Å². The molecule has 146 valence electrons. The maximum absolute atomic E-state index is 13.9. The quantitative estimate of drug-likeness (QED) is 0.576. The smallest absolute Gasteiger partial charge is 0.303 e. The highest BCUT2D eigenvalue weighted by molar-refractivity contribution is 6.31. The third-order valence-corrected chi connectivity index (χ3v) is 4.46. The van der Waals surface area contributed by atoms with Gasteiger partial charge in [0.25, 0.3) is 0 Å². The summed E-state index contributed by atoms with van der Waals surface area (Å²) >= 11 is 6.25. The Morgan fingerprint density at radius 1 is 1.26 bits per heavy atom. The molecule has 0 bridgehead atoms. The van der Waals surface area contributed by atoms with Gasteiger partial charge in [0.2, 0.25) is 0 Å². The highest BCUT2D eigenvalue weighted by atomic mass is 35.5. The molecule has 5 nitrogen and oxygen atoms in total. The van der Waals surface area contributed by atoms with Crippen molar-refractivity contribution in [3.05, 3.63) is 58.4 Å². The number of hydrogen-bond donors (Lipinski definition) is 2. The van der Waals surface area contributed by atoms with Crippen molar-refractivity contribution in [2.45, 2.75) is 32.4 Å². The average Bonchev–Trinajstić information content (AvgIpc) is 2.64. The van der Waals surface area contributed by atoms with E-state index in [0.717, 1.165) is 5.75 Å². The lowest BCUT2D eigenvalue weighted by Gasteiger charge is -2.20. The molecule has 0 saturated carbocycles. The Morgan fingerprint density at radius 2 is 1.93 bits per heavy atom. The Hall–Kier alpha value is -2.31. The van der Waals surface area contributed by atoms with E-state index in [9.17, 15) is 9.18 Å². The van der Waals surface area contributed by atoms with E-state index < -0.39 is 11.8 Å². The highest BCUT2D eigenvalue weighted by Gasteiger charge is 2.16. The summed E-state index contributed by atoms with van der Waals surface area (Å²) in [5, 5.41) is 12.2. The first kappa shape index (κ1) is 21.0. The summed E-state index contributed by atoms with van der Waals surface area (Å²) < 4.78 is 24.8. The van der Waals surface area contributed by atoms with Crippen LogP contribution in [0, 0.1) is 5.82 Å². The Balaban J connectivity index is 2.08. The molecule has 0 aliphatic rings. The van der Waals surface area contributed by atoms with Crippen molar-refractivity contribution in [2.75, 3.05) is 13.7 Å². The maximum Gasteiger partial charge on any atom is 0.303 e. The van der Waals surface area contributed by atoms with Gasteiger partial charge in [0.1, 0.15) is 23.9 Å². The van der Waals surface area contributed by atoms with Gasteiger partial charge in [-0.2, -0.15) is 0 Å². The number of aliphatic carboxylic acids is 1. The average molecular weight is 396 g/mol. The van der Waals surface area contributed by atoms with Gasteiger partial charge >= 0.3 is 5.97 Å². The fourth-order valence-electron chi connectivity index (χ4n) is 2.66. The number of carboxylic acid groups (broad SMARTS) is 1. The van der Waals surface area contributed by atoms with Gasteiger partial charge in [-0.3, -0.25) is 4.79 Å². The van der Waals surface area contributed by atoms with Crippen LogP contribution in [0.2, 0.25) is 5.02 Å². The van der Waals surface area contributed by atoms with Crippen molar-refractivity contribution >= 4 is 17.6 Å². The van der Waals surface area contributed by atoms with Crippen LogP contribution in [0.25, 0.3) is 0 Å². The minimum Gasteiger partial charge on any atom is -0.497 e. The van der Waals surface area contributed by atoms with E-state index in [0.29, 0.717) is 29.8 Å². The molecule has 0 unspecified atom stereocenters. The van der Waals surface area contributed by atoms with Gasteiger partial charge in [-0.25, -0.2) is 4.39 Å². The first-order valence-corrected chi connectivity index (χ1v) is 8.98. The number of nitrogens with one attached hydrogen (secondary N) is 1. The zero-order chi connectivity index (χ0) is 19.8. The second-order valence-electron chi connectivity index (χ2n) is 6.09. The summed E-state index contributed by atoms with van der Waals surface area (Å²) in [5.74, 6) is 0.0977. The van der Waals surface area contributed by atoms with Crippen molar-refractivity contribution in [1.82, 2.24) is 5.32 Å². The van der Waals surface area contributed by atoms with Crippen molar-refractivity contribution < 1.29 is 23.8 Å². The number of benzene rings is 2. The molecule has 7 heteroatoms. The molecule has 2 aromatic carbocycles. The summed E-state index contributed by atoms with van der Waals surface area (Å²) in [6.07, 6.45) is 0.567. The number of rotatable bonds is 10. The summed E-state index contributed by atoms with van der Waals surface area (Å²) in [6.45, 7) is 2.56. The van der Waals surface area contributed by atoms with Gasteiger partial charge in [0.15, 0.2) is 0 Å². The molecular weight excluding hydrogens is 373 g/mol. The molecule has 0 heterocycles. The summed E-state index contributed by atoms with van der Waals surface area (Å²) in [5.41, 5.74) is 1.37. The molecule has 0 saturated heterocycles.